The quantitative estimate of drug-likeness (QED) is 0.258. The van der Waals surface area contributed by atoms with E-state index in [1.807, 2.05) is 12.3 Å². The van der Waals surface area contributed by atoms with Gasteiger partial charge in [-0.15, -0.1) is 11.3 Å². The van der Waals surface area contributed by atoms with E-state index in [0.29, 0.717) is 42.3 Å². The van der Waals surface area contributed by atoms with E-state index in [4.69, 9.17) is 0 Å². The fourth-order valence-electron chi connectivity index (χ4n) is 4.68. The Hall–Kier alpha value is -3.86. The van der Waals surface area contributed by atoms with Gasteiger partial charge < -0.3 is 15.7 Å². The summed E-state index contributed by atoms with van der Waals surface area (Å²) in [5.74, 6) is 7.76. The van der Waals surface area contributed by atoms with Gasteiger partial charge in [-0.1, -0.05) is 12.8 Å². The van der Waals surface area contributed by atoms with Gasteiger partial charge in [0.2, 0.25) is 0 Å². The van der Waals surface area contributed by atoms with Crippen molar-refractivity contribution in [1.82, 2.24) is 29.1 Å². The Kier molecular flexibility index (Phi) is 7.70. The van der Waals surface area contributed by atoms with Crippen LogP contribution in [0.25, 0.3) is 11.4 Å². The minimum absolute atomic E-state index is 0.121. The van der Waals surface area contributed by atoms with Crippen LogP contribution in [0.2, 0.25) is 0 Å². The molecule has 0 unspecified atom stereocenters. The zero-order valence-corrected chi connectivity index (χ0v) is 24.1. The number of nitrogens with one attached hydrogen (secondary N) is 2. The Bertz CT molecular complexity index is 1720. The first-order chi connectivity index (χ1) is 19.9. The van der Waals surface area contributed by atoms with Crippen molar-refractivity contribution in [3.05, 3.63) is 58.6 Å². The summed E-state index contributed by atoms with van der Waals surface area (Å²) in [6.45, 7) is 2.09. The van der Waals surface area contributed by atoms with Gasteiger partial charge in [-0.25, -0.2) is 28.4 Å². The zero-order chi connectivity index (χ0) is 28.4. The van der Waals surface area contributed by atoms with Crippen molar-refractivity contribution in [3.8, 4) is 23.2 Å². The summed E-state index contributed by atoms with van der Waals surface area (Å²) in [4.78, 5) is 19.0. The van der Waals surface area contributed by atoms with Crippen LogP contribution < -0.4 is 10.6 Å². The molecule has 2 aliphatic rings. The number of rotatable bonds is 8. The lowest BCUT2D eigenvalue weighted by Gasteiger charge is -2.28. The van der Waals surface area contributed by atoms with E-state index in [0.717, 1.165) is 46.0 Å². The number of aromatic nitrogens is 6. The average molecular weight is 591 g/mol. The van der Waals surface area contributed by atoms with Gasteiger partial charge in [0, 0.05) is 35.6 Å². The molecule has 0 radical (unpaired) electrons. The first-order valence-electron chi connectivity index (χ1n) is 13.7. The summed E-state index contributed by atoms with van der Waals surface area (Å²) in [6, 6.07) is 3.71. The Morgan fingerprint density at radius 3 is 2.76 bits per heavy atom. The molecule has 2 saturated carbocycles. The average Bonchev–Trinajstić information content (AvgIpc) is 3.53. The van der Waals surface area contributed by atoms with E-state index in [-0.39, 0.29) is 17.4 Å². The molecule has 212 valence electrons. The molecule has 0 spiro atoms. The van der Waals surface area contributed by atoms with Crippen LogP contribution in [-0.4, -0.2) is 60.0 Å². The molecule has 4 heterocycles. The van der Waals surface area contributed by atoms with Gasteiger partial charge in [-0.05, 0) is 56.9 Å². The van der Waals surface area contributed by atoms with Crippen molar-refractivity contribution in [2.45, 2.75) is 69.3 Å². The van der Waals surface area contributed by atoms with Crippen LogP contribution in [0.5, 0.6) is 0 Å². The number of aryl methyl sites for hydroxylation is 1. The maximum absolute atomic E-state index is 12.5. The van der Waals surface area contributed by atoms with Gasteiger partial charge in [0.1, 0.15) is 11.6 Å². The summed E-state index contributed by atoms with van der Waals surface area (Å²) >= 11 is 1.58. The van der Waals surface area contributed by atoms with Gasteiger partial charge >= 0.3 is 0 Å². The first kappa shape index (κ1) is 27.3. The summed E-state index contributed by atoms with van der Waals surface area (Å²) < 4.78 is 26.0. The molecule has 41 heavy (non-hydrogen) atoms. The second kappa shape index (κ2) is 11.6. The van der Waals surface area contributed by atoms with Crippen LogP contribution in [0.4, 0.5) is 17.3 Å². The number of anilines is 3. The molecule has 4 aromatic heterocycles. The largest absolute Gasteiger partial charge is 0.393 e. The van der Waals surface area contributed by atoms with Gasteiger partial charge in [0.05, 0.1) is 40.6 Å². The van der Waals surface area contributed by atoms with Crippen molar-refractivity contribution in [3.63, 3.8) is 0 Å². The molecule has 3 N–H and O–H groups in total. The SMILES string of the molecule is CCc1cnc(C#Cc2cnc(Nc3ccnc(-c4cnn(S(=O)(=O)C5CC5)c4)n3)cc2N[C@@H]2CCC[C@H](O)C2)s1. The molecule has 2 aliphatic carbocycles. The van der Waals surface area contributed by atoms with Crippen molar-refractivity contribution < 1.29 is 13.5 Å². The summed E-state index contributed by atoms with van der Waals surface area (Å²) in [6.07, 6.45) is 13.4. The summed E-state index contributed by atoms with van der Waals surface area (Å²) in [5.41, 5.74) is 2.04. The molecule has 11 nitrogen and oxygen atoms in total. The number of hydrogen-bond donors (Lipinski definition) is 3. The minimum Gasteiger partial charge on any atom is -0.393 e. The van der Waals surface area contributed by atoms with Gasteiger partial charge in [-0.2, -0.15) is 9.19 Å². The highest BCUT2D eigenvalue weighted by atomic mass is 32.2. The van der Waals surface area contributed by atoms with E-state index in [9.17, 15) is 13.5 Å². The Labute approximate surface area is 242 Å². The van der Waals surface area contributed by atoms with Crippen LogP contribution in [0.1, 0.15) is 60.9 Å². The smallest absolute Gasteiger partial charge is 0.256 e. The van der Waals surface area contributed by atoms with Gasteiger partial charge in [-0.3, -0.25) is 0 Å². The van der Waals surface area contributed by atoms with Crippen molar-refractivity contribution in [2.24, 2.45) is 0 Å². The standard InChI is InChI=1S/C28H30N8O3S2/c1-2-22-16-31-27(40-22)9-6-18-14-30-26(13-24(18)33-20-4-3-5-21(37)12-20)34-25-10-11-29-28(35-25)19-15-32-36(17-19)41(38,39)23-7-8-23/h10-11,13-17,20-21,23,37H,2-5,7-8,12H2,1H3,(H2,29,30,33,34,35)/t20-,21+/m1/s1. The highest BCUT2D eigenvalue weighted by Crippen LogP contribution is 2.31. The van der Waals surface area contributed by atoms with E-state index in [1.54, 1.807) is 29.8 Å². The van der Waals surface area contributed by atoms with Gasteiger partial charge in [0.15, 0.2) is 10.8 Å². The maximum Gasteiger partial charge on any atom is 0.256 e. The lowest BCUT2D eigenvalue weighted by atomic mass is 9.92. The van der Waals surface area contributed by atoms with E-state index >= 15 is 0 Å². The molecule has 0 saturated heterocycles. The number of hydrogen-bond acceptors (Lipinski definition) is 11. The highest BCUT2D eigenvalue weighted by Gasteiger charge is 2.37. The van der Waals surface area contributed by atoms with E-state index in [1.165, 1.54) is 17.3 Å². The van der Waals surface area contributed by atoms with Crippen LogP contribution in [0, 0.1) is 11.8 Å². The van der Waals surface area contributed by atoms with Crippen molar-refractivity contribution >= 4 is 38.7 Å². The molecule has 0 aliphatic heterocycles. The maximum atomic E-state index is 12.5. The fourth-order valence-corrected chi connectivity index (χ4v) is 6.87. The monoisotopic (exact) mass is 590 g/mol. The third-order valence-electron chi connectivity index (χ3n) is 7.05. The van der Waals surface area contributed by atoms with E-state index < -0.39 is 10.0 Å². The molecule has 4 aromatic rings. The lowest BCUT2D eigenvalue weighted by molar-refractivity contribution is 0.124. The third kappa shape index (κ3) is 6.40. The number of pyridine rings is 1. The first-order valence-corrected chi connectivity index (χ1v) is 16.0. The van der Waals surface area contributed by atoms with Crippen LogP contribution in [-0.2, 0) is 16.4 Å². The second-order valence-electron chi connectivity index (χ2n) is 10.2. The van der Waals surface area contributed by atoms with E-state index in [2.05, 4.69) is 54.4 Å². The number of thiazole rings is 1. The molecule has 2 atom stereocenters. The Balaban J connectivity index is 1.25. The predicted octanol–water partition coefficient (Wildman–Crippen LogP) is 3.95. The topological polar surface area (TPSA) is 148 Å². The number of aliphatic hydroxyl groups excluding tert-OH is 1. The molecule has 2 fully saturated rings. The van der Waals surface area contributed by atoms with Crippen LogP contribution in [0.3, 0.4) is 0 Å². The third-order valence-corrected chi connectivity index (χ3v) is 10.1. The molecule has 6 rings (SSSR count). The Morgan fingerprint density at radius 2 is 1.98 bits per heavy atom. The normalized spacial score (nSPS) is 18.9. The molecule has 0 amide bonds. The molecule has 0 bridgehead atoms. The molecular weight excluding hydrogens is 560 g/mol. The molecular formula is C28H30N8O3S2. The minimum atomic E-state index is -3.47. The molecule has 0 aromatic carbocycles. The van der Waals surface area contributed by atoms with Crippen LogP contribution >= 0.6 is 11.3 Å². The highest BCUT2D eigenvalue weighted by molar-refractivity contribution is 7.90. The van der Waals surface area contributed by atoms with Crippen molar-refractivity contribution in [1.29, 1.82) is 0 Å². The Morgan fingerprint density at radius 1 is 1.10 bits per heavy atom. The zero-order valence-electron chi connectivity index (χ0n) is 22.5. The molecule has 13 heteroatoms. The van der Waals surface area contributed by atoms with Crippen LogP contribution in [0.15, 0.2) is 43.1 Å². The summed E-state index contributed by atoms with van der Waals surface area (Å²) in [7, 11) is -3.47. The number of nitrogens with zero attached hydrogens (tertiary/aromatic N) is 6. The lowest BCUT2D eigenvalue weighted by Crippen LogP contribution is -2.30. The van der Waals surface area contributed by atoms with Crippen molar-refractivity contribution in [2.75, 3.05) is 10.6 Å². The predicted molar refractivity (Wildman–Crippen MR) is 157 cm³/mol. The fraction of sp³-hybridized carbons (Fsp3) is 0.393. The summed E-state index contributed by atoms with van der Waals surface area (Å²) in [5, 5.41) is 21.4. The number of aliphatic hydroxyl groups is 1. The second-order valence-corrected chi connectivity index (χ2v) is 13.4. The van der Waals surface area contributed by atoms with Gasteiger partial charge in [0.25, 0.3) is 10.0 Å².